The molecule has 0 atom stereocenters. The first kappa shape index (κ1) is 12.9. The van der Waals surface area contributed by atoms with Crippen LogP contribution in [0.2, 0.25) is 0 Å². The smallest absolute Gasteiger partial charge is 0.320 e. The maximum atomic E-state index is 11.5. The zero-order chi connectivity index (χ0) is 13.3. The molecular formula is C14H15N3O2. The molecule has 5 heteroatoms. The minimum atomic E-state index is -0.296. The topological polar surface area (TPSA) is 63.2 Å². The van der Waals surface area contributed by atoms with Gasteiger partial charge < -0.3 is 10.1 Å². The summed E-state index contributed by atoms with van der Waals surface area (Å²) in [6.07, 6.45) is 1.62. The van der Waals surface area contributed by atoms with Crippen LogP contribution >= 0.6 is 0 Å². The van der Waals surface area contributed by atoms with Gasteiger partial charge in [-0.05, 0) is 24.3 Å². The maximum Gasteiger partial charge on any atom is 0.320 e. The number of aromatic nitrogens is 1. The van der Waals surface area contributed by atoms with E-state index in [4.69, 9.17) is 4.74 Å². The number of carbonyl (C=O) groups is 1. The van der Waals surface area contributed by atoms with Gasteiger partial charge in [-0.2, -0.15) is 0 Å². The van der Waals surface area contributed by atoms with Crippen LogP contribution in [0.3, 0.4) is 0 Å². The summed E-state index contributed by atoms with van der Waals surface area (Å²) < 4.78 is 5.45. The fourth-order valence-corrected chi connectivity index (χ4v) is 1.45. The molecule has 0 saturated heterocycles. The first-order valence-corrected chi connectivity index (χ1v) is 5.98. The summed E-state index contributed by atoms with van der Waals surface area (Å²) in [5.74, 6) is 1.30. The normalized spacial score (nSPS) is 9.68. The molecule has 2 rings (SSSR count). The van der Waals surface area contributed by atoms with Crippen molar-refractivity contribution in [3.63, 3.8) is 0 Å². The number of para-hydroxylation sites is 1. The second-order valence-corrected chi connectivity index (χ2v) is 3.76. The molecule has 1 aromatic heterocycles. The van der Waals surface area contributed by atoms with Crippen molar-refractivity contribution >= 4 is 11.8 Å². The molecule has 0 radical (unpaired) electrons. The lowest BCUT2D eigenvalue weighted by Crippen LogP contribution is -2.32. The SMILES string of the molecule is O=C(NCCOc1ccccc1)Nc1ccccn1. The van der Waals surface area contributed by atoms with E-state index in [9.17, 15) is 4.79 Å². The summed E-state index contributed by atoms with van der Waals surface area (Å²) in [5.41, 5.74) is 0. The number of benzene rings is 1. The third-order valence-corrected chi connectivity index (χ3v) is 2.31. The predicted octanol–water partition coefficient (Wildman–Crippen LogP) is 2.28. The van der Waals surface area contributed by atoms with Gasteiger partial charge in [0.1, 0.15) is 18.2 Å². The Bertz CT molecular complexity index is 503. The highest BCUT2D eigenvalue weighted by Gasteiger charge is 2.00. The number of hydrogen-bond acceptors (Lipinski definition) is 3. The van der Waals surface area contributed by atoms with Crippen LogP contribution in [-0.4, -0.2) is 24.2 Å². The van der Waals surface area contributed by atoms with Crippen molar-refractivity contribution < 1.29 is 9.53 Å². The number of nitrogens with one attached hydrogen (secondary N) is 2. The number of carbonyl (C=O) groups excluding carboxylic acids is 1. The van der Waals surface area contributed by atoms with E-state index in [1.807, 2.05) is 30.3 Å². The van der Waals surface area contributed by atoms with Crippen molar-refractivity contribution in [2.75, 3.05) is 18.5 Å². The average molecular weight is 257 g/mol. The van der Waals surface area contributed by atoms with Crippen LogP contribution in [0.15, 0.2) is 54.7 Å². The molecule has 0 aliphatic carbocycles. The van der Waals surface area contributed by atoms with Gasteiger partial charge in [0.05, 0.1) is 6.54 Å². The second kappa shape index (κ2) is 7.00. The molecule has 0 spiro atoms. The standard InChI is InChI=1S/C14H15N3O2/c18-14(17-13-8-4-5-9-15-13)16-10-11-19-12-6-2-1-3-7-12/h1-9H,10-11H2,(H2,15,16,17,18). The number of hydrogen-bond donors (Lipinski definition) is 2. The maximum absolute atomic E-state index is 11.5. The van der Waals surface area contributed by atoms with E-state index in [1.165, 1.54) is 0 Å². The summed E-state index contributed by atoms with van der Waals surface area (Å²) in [7, 11) is 0. The van der Waals surface area contributed by atoms with E-state index in [2.05, 4.69) is 15.6 Å². The third kappa shape index (κ3) is 4.67. The van der Waals surface area contributed by atoms with Gasteiger partial charge in [0.25, 0.3) is 0 Å². The molecule has 2 amide bonds. The Balaban J connectivity index is 1.65. The Labute approximate surface area is 111 Å². The molecule has 2 N–H and O–H groups in total. The third-order valence-electron chi connectivity index (χ3n) is 2.31. The molecule has 5 nitrogen and oxygen atoms in total. The number of ether oxygens (including phenoxy) is 1. The van der Waals surface area contributed by atoms with Crippen molar-refractivity contribution in [2.45, 2.75) is 0 Å². The lowest BCUT2D eigenvalue weighted by Gasteiger charge is -2.08. The average Bonchev–Trinajstić information content (AvgIpc) is 2.46. The Morgan fingerprint density at radius 3 is 2.63 bits per heavy atom. The van der Waals surface area contributed by atoms with Crippen molar-refractivity contribution in [3.8, 4) is 5.75 Å². The van der Waals surface area contributed by atoms with Gasteiger partial charge >= 0.3 is 6.03 Å². The second-order valence-electron chi connectivity index (χ2n) is 3.76. The number of nitrogens with zero attached hydrogens (tertiary/aromatic N) is 1. The minimum Gasteiger partial charge on any atom is -0.492 e. The molecule has 0 saturated carbocycles. The van der Waals surface area contributed by atoms with Crippen molar-refractivity contribution in [1.29, 1.82) is 0 Å². The lowest BCUT2D eigenvalue weighted by molar-refractivity contribution is 0.247. The van der Waals surface area contributed by atoms with E-state index in [0.29, 0.717) is 19.0 Å². The van der Waals surface area contributed by atoms with Gasteiger partial charge in [0.2, 0.25) is 0 Å². The molecule has 2 aromatic rings. The molecule has 0 aliphatic rings. The Morgan fingerprint density at radius 2 is 1.89 bits per heavy atom. The van der Waals surface area contributed by atoms with Gasteiger partial charge in [0.15, 0.2) is 0 Å². The van der Waals surface area contributed by atoms with Crippen LogP contribution in [0.5, 0.6) is 5.75 Å². The molecule has 1 heterocycles. The van der Waals surface area contributed by atoms with Crippen LogP contribution in [0, 0.1) is 0 Å². The highest BCUT2D eigenvalue weighted by molar-refractivity contribution is 5.88. The van der Waals surface area contributed by atoms with E-state index >= 15 is 0 Å². The van der Waals surface area contributed by atoms with Crippen LogP contribution in [-0.2, 0) is 0 Å². The van der Waals surface area contributed by atoms with Gasteiger partial charge in [-0.1, -0.05) is 24.3 Å². The van der Waals surface area contributed by atoms with E-state index in [1.54, 1.807) is 24.4 Å². The molecule has 0 bridgehead atoms. The molecule has 0 unspecified atom stereocenters. The lowest BCUT2D eigenvalue weighted by atomic mass is 10.3. The summed E-state index contributed by atoms with van der Waals surface area (Å²) in [6, 6.07) is 14.5. The first-order chi connectivity index (χ1) is 9.34. The van der Waals surface area contributed by atoms with Gasteiger partial charge in [-0.3, -0.25) is 5.32 Å². The van der Waals surface area contributed by atoms with E-state index in [0.717, 1.165) is 5.75 Å². The molecule has 0 fully saturated rings. The molecule has 0 aliphatic heterocycles. The van der Waals surface area contributed by atoms with Crippen LogP contribution in [0.25, 0.3) is 0 Å². The zero-order valence-electron chi connectivity index (χ0n) is 10.4. The number of anilines is 1. The van der Waals surface area contributed by atoms with Crippen LogP contribution in [0.1, 0.15) is 0 Å². The van der Waals surface area contributed by atoms with Gasteiger partial charge in [-0.25, -0.2) is 9.78 Å². The molecule has 19 heavy (non-hydrogen) atoms. The van der Waals surface area contributed by atoms with Gasteiger partial charge in [0, 0.05) is 6.20 Å². The largest absolute Gasteiger partial charge is 0.492 e. The highest BCUT2D eigenvalue weighted by Crippen LogP contribution is 2.07. The zero-order valence-corrected chi connectivity index (χ0v) is 10.4. The van der Waals surface area contributed by atoms with Crippen molar-refractivity contribution in [3.05, 3.63) is 54.7 Å². The highest BCUT2D eigenvalue weighted by atomic mass is 16.5. The van der Waals surface area contributed by atoms with E-state index in [-0.39, 0.29) is 6.03 Å². The minimum absolute atomic E-state index is 0.296. The summed E-state index contributed by atoms with van der Waals surface area (Å²) in [6.45, 7) is 0.840. The number of rotatable bonds is 5. The monoisotopic (exact) mass is 257 g/mol. The molecule has 98 valence electrons. The molecular weight excluding hydrogens is 242 g/mol. The van der Waals surface area contributed by atoms with Crippen molar-refractivity contribution in [2.24, 2.45) is 0 Å². The predicted molar refractivity (Wildman–Crippen MR) is 73.2 cm³/mol. The molecule has 1 aromatic carbocycles. The van der Waals surface area contributed by atoms with Crippen LogP contribution in [0.4, 0.5) is 10.6 Å². The summed E-state index contributed by atoms with van der Waals surface area (Å²) >= 11 is 0. The summed E-state index contributed by atoms with van der Waals surface area (Å²) in [4.78, 5) is 15.5. The van der Waals surface area contributed by atoms with Crippen LogP contribution < -0.4 is 15.4 Å². The Morgan fingerprint density at radius 1 is 1.11 bits per heavy atom. The van der Waals surface area contributed by atoms with Gasteiger partial charge in [-0.15, -0.1) is 0 Å². The Kier molecular flexibility index (Phi) is 4.75. The fraction of sp³-hybridized carbons (Fsp3) is 0.143. The number of urea groups is 1. The number of amides is 2. The Hall–Kier alpha value is -2.56. The van der Waals surface area contributed by atoms with E-state index < -0.39 is 0 Å². The number of pyridine rings is 1. The first-order valence-electron chi connectivity index (χ1n) is 5.98. The quantitative estimate of drug-likeness (QED) is 0.808. The summed E-state index contributed by atoms with van der Waals surface area (Å²) in [5, 5.41) is 5.31. The fourth-order valence-electron chi connectivity index (χ4n) is 1.45. The van der Waals surface area contributed by atoms with Crippen molar-refractivity contribution in [1.82, 2.24) is 10.3 Å².